The summed E-state index contributed by atoms with van der Waals surface area (Å²) in [5.41, 5.74) is 4.43. The highest BCUT2D eigenvalue weighted by molar-refractivity contribution is 6.08. The van der Waals surface area contributed by atoms with E-state index in [4.69, 9.17) is 4.74 Å². The molecule has 0 unspecified atom stereocenters. The van der Waals surface area contributed by atoms with E-state index in [0.29, 0.717) is 11.4 Å². The number of rotatable bonds is 6. The fourth-order valence-electron chi connectivity index (χ4n) is 3.83. The van der Waals surface area contributed by atoms with E-state index in [0.717, 1.165) is 22.4 Å². The first-order valence-corrected chi connectivity index (χ1v) is 11.1. The standard InChI is InChI=1S/C27H21N5O4/c1-17-6-8-19(9-7-17)25-10-11-28-26-24(16-29-31(25)26)27(33)30-20-13-21(32(34)35)15-23(14-20)36-22-5-3-4-18(2)12-22/h3-16H,1-2H3,(H,30,33). The summed E-state index contributed by atoms with van der Waals surface area (Å²) in [6, 6.07) is 21.2. The van der Waals surface area contributed by atoms with Gasteiger partial charge >= 0.3 is 0 Å². The molecule has 0 saturated carbocycles. The molecule has 0 atom stereocenters. The highest BCUT2D eigenvalue weighted by Crippen LogP contribution is 2.30. The number of non-ortho nitro benzene ring substituents is 1. The Kier molecular flexibility index (Phi) is 5.87. The van der Waals surface area contributed by atoms with Crippen molar-refractivity contribution in [2.75, 3.05) is 5.32 Å². The zero-order valence-electron chi connectivity index (χ0n) is 19.5. The molecule has 0 aliphatic heterocycles. The Morgan fingerprint density at radius 3 is 2.53 bits per heavy atom. The summed E-state index contributed by atoms with van der Waals surface area (Å²) in [7, 11) is 0. The molecule has 1 amide bonds. The van der Waals surface area contributed by atoms with Crippen molar-refractivity contribution >= 4 is 22.9 Å². The van der Waals surface area contributed by atoms with Crippen LogP contribution in [0.1, 0.15) is 21.5 Å². The molecule has 178 valence electrons. The highest BCUT2D eigenvalue weighted by Gasteiger charge is 2.19. The maximum absolute atomic E-state index is 13.2. The molecular formula is C27H21N5O4. The second kappa shape index (κ2) is 9.30. The number of ether oxygens (including phenoxy) is 1. The molecule has 0 spiro atoms. The number of aromatic nitrogens is 3. The number of nitro groups is 1. The maximum Gasteiger partial charge on any atom is 0.275 e. The second-order valence-electron chi connectivity index (χ2n) is 8.34. The van der Waals surface area contributed by atoms with E-state index >= 15 is 0 Å². The van der Waals surface area contributed by atoms with Crippen LogP contribution >= 0.6 is 0 Å². The molecule has 3 aromatic carbocycles. The van der Waals surface area contributed by atoms with E-state index in [1.54, 1.807) is 16.8 Å². The molecule has 9 heteroatoms. The minimum atomic E-state index is -0.538. The summed E-state index contributed by atoms with van der Waals surface area (Å²) >= 11 is 0. The summed E-state index contributed by atoms with van der Waals surface area (Å²) in [6.45, 7) is 3.92. The number of nitrogens with one attached hydrogen (secondary N) is 1. The maximum atomic E-state index is 13.2. The summed E-state index contributed by atoms with van der Waals surface area (Å²) in [6.07, 6.45) is 3.04. The monoisotopic (exact) mass is 479 g/mol. The molecule has 5 aromatic rings. The zero-order chi connectivity index (χ0) is 25.2. The van der Waals surface area contributed by atoms with Crippen LogP contribution in [0.2, 0.25) is 0 Å². The van der Waals surface area contributed by atoms with Gasteiger partial charge in [-0.25, -0.2) is 9.50 Å². The number of amides is 1. The van der Waals surface area contributed by atoms with E-state index in [1.165, 1.54) is 24.4 Å². The number of hydrogen-bond donors (Lipinski definition) is 1. The highest BCUT2D eigenvalue weighted by atomic mass is 16.6. The first kappa shape index (κ1) is 22.7. The molecule has 9 nitrogen and oxygen atoms in total. The average Bonchev–Trinajstić information content (AvgIpc) is 3.29. The van der Waals surface area contributed by atoms with Crippen LogP contribution in [0.15, 0.2) is 85.2 Å². The van der Waals surface area contributed by atoms with Crippen molar-refractivity contribution in [1.82, 2.24) is 14.6 Å². The summed E-state index contributed by atoms with van der Waals surface area (Å²) in [5, 5.41) is 18.6. The molecule has 36 heavy (non-hydrogen) atoms. The Morgan fingerprint density at radius 1 is 0.972 bits per heavy atom. The third-order valence-electron chi connectivity index (χ3n) is 5.58. The van der Waals surface area contributed by atoms with Crippen molar-refractivity contribution in [2.24, 2.45) is 0 Å². The molecule has 0 radical (unpaired) electrons. The number of aryl methyl sites for hydroxylation is 2. The van der Waals surface area contributed by atoms with Gasteiger partial charge < -0.3 is 10.1 Å². The molecule has 5 rings (SSSR count). The molecule has 0 saturated heterocycles. The van der Waals surface area contributed by atoms with Gasteiger partial charge in [-0.05, 0) is 37.6 Å². The number of anilines is 1. The van der Waals surface area contributed by atoms with E-state index in [2.05, 4.69) is 15.4 Å². The smallest absolute Gasteiger partial charge is 0.275 e. The second-order valence-corrected chi connectivity index (χ2v) is 8.34. The number of carbonyl (C=O) groups is 1. The summed E-state index contributed by atoms with van der Waals surface area (Å²) < 4.78 is 7.42. The lowest BCUT2D eigenvalue weighted by atomic mass is 10.1. The molecule has 0 aliphatic rings. The predicted octanol–water partition coefficient (Wildman–Crippen LogP) is 5.97. The quantitative estimate of drug-likeness (QED) is 0.237. The van der Waals surface area contributed by atoms with Crippen molar-refractivity contribution in [3.8, 4) is 22.8 Å². The Morgan fingerprint density at radius 2 is 1.78 bits per heavy atom. The lowest BCUT2D eigenvalue weighted by Gasteiger charge is -2.10. The Balaban J connectivity index is 1.46. The van der Waals surface area contributed by atoms with E-state index < -0.39 is 10.8 Å². The van der Waals surface area contributed by atoms with Crippen molar-refractivity contribution in [3.05, 3.63) is 112 Å². The minimum Gasteiger partial charge on any atom is -0.457 e. The van der Waals surface area contributed by atoms with Gasteiger partial charge in [0.2, 0.25) is 0 Å². The lowest BCUT2D eigenvalue weighted by molar-refractivity contribution is -0.384. The number of nitrogens with zero attached hydrogens (tertiary/aromatic N) is 4. The van der Waals surface area contributed by atoms with Gasteiger partial charge in [0.15, 0.2) is 5.65 Å². The predicted molar refractivity (Wildman–Crippen MR) is 135 cm³/mol. The average molecular weight is 479 g/mol. The Labute approximate surface area is 206 Å². The number of carbonyl (C=O) groups excluding carboxylic acids is 1. The third-order valence-corrected chi connectivity index (χ3v) is 5.58. The van der Waals surface area contributed by atoms with Crippen LogP contribution < -0.4 is 10.1 Å². The largest absolute Gasteiger partial charge is 0.457 e. The molecule has 2 aromatic heterocycles. The minimum absolute atomic E-state index is 0.213. The summed E-state index contributed by atoms with van der Waals surface area (Å²) in [5.74, 6) is 0.258. The van der Waals surface area contributed by atoms with Crippen LogP contribution in [0.25, 0.3) is 16.9 Å². The molecule has 0 bridgehead atoms. The van der Waals surface area contributed by atoms with Crippen LogP contribution in [0, 0.1) is 24.0 Å². The van der Waals surface area contributed by atoms with Gasteiger partial charge in [-0.15, -0.1) is 0 Å². The van der Waals surface area contributed by atoms with Crippen LogP contribution in [0.4, 0.5) is 11.4 Å². The van der Waals surface area contributed by atoms with Gasteiger partial charge in [0.25, 0.3) is 11.6 Å². The van der Waals surface area contributed by atoms with Crippen molar-refractivity contribution in [1.29, 1.82) is 0 Å². The van der Waals surface area contributed by atoms with Crippen LogP contribution in [0.5, 0.6) is 11.5 Å². The van der Waals surface area contributed by atoms with Gasteiger partial charge in [-0.3, -0.25) is 14.9 Å². The van der Waals surface area contributed by atoms with Crippen molar-refractivity contribution in [3.63, 3.8) is 0 Å². The zero-order valence-corrected chi connectivity index (χ0v) is 19.5. The Hall–Kier alpha value is -5.05. The van der Waals surface area contributed by atoms with E-state index in [9.17, 15) is 14.9 Å². The van der Waals surface area contributed by atoms with Crippen LogP contribution in [-0.4, -0.2) is 25.4 Å². The molecule has 2 heterocycles. The van der Waals surface area contributed by atoms with Crippen LogP contribution in [-0.2, 0) is 0 Å². The van der Waals surface area contributed by atoms with Crippen LogP contribution in [0.3, 0.4) is 0 Å². The lowest BCUT2D eigenvalue weighted by Crippen LogP contribution is -2.12. The van der Waals surface area contributed by atoms with E-state index in [1.807, 2.05) is 62.4 Å². The van der Waals surface area contributed by atoms with Gasteiger partial charge in [-0.1, -0.05) is 42.0 Å². The normalized spacial score (nSPS) is 10.8. The van der Waals surface area contributed by atoms with Gasteiger partial charge in [0, 0.05) is 23.9 Å². The SMILES string of the molecule is Cc1ccc(-c2ccnc3c(C(=O)Nc4cc(Oc5cccc(C)c5)cc([N+](=O)[O-])c4)cnn23)cc1. The van der Waals surface area contributed by atoms with Gasteiger partial charge in [0.05, 0.1) is 28.6 Å². The topological polar surface area (TPSA) is 112 Å². The summed E-state index contributed by atoms with van der Waals surface area (Å²) in [4.78, 5) is 28.5. The fraction of sp³-hybridized carbons (Fsp3) is 0.0741. The van der Waals surface area contributed by atoms with E-state index in [-0.39, 0.29) is 22.7 Å². The molecular weight excluding hydrogens is 458 g/mol. The first-order chi connectivity index (χ1) is 17.4. The number of fused-ring (bicyclic) bond motifs is 1. The third kappa shape index (κ3) is 4.62. The molecule has 0 aliphatic carbocycles. The number of hydrogen-bond acceptors (Lipinski definition) is 6. The van der Waals surface area contributed by atoms with Crippen molar-refractivity contribution in [2.45, 2.75) is 13.8 Å². The number of nitro benzene ring substituents is 1. The first-order valence-electron chi connectivity index (χ1n) is 11.1. The molecule has 0 fully saturated rings. The number of benzene rings is 3. The van der Waals surface area contributed by atoms with Gasteiger partial charge in [0.1, 0.15) is 17.1 Å². The van der Waals surface area contributed by atoms with Gasteiger partial charge in [-0.2, -0.15) is 5.10 Å². The van der Waals surface area contributed by atoms with Crippen molar-refractivity contribution < 1.29 is 14.5 Å². The fourth-order valence-corrected chi connectivity index (χ4v) is 3.83. The Bertz CT molecular complexity index is 1610. The molecule has 1 N–H and O–H groups in total.